The maximum atomic E-state index is 12.5. The van der Waals surface area contributed by atoms with E-state index in [4.69, 9.17) is 21.8 Å². The minimum Gasteiger partial charge on any atom is -0.472 e. The van der Waals surface area contributed by atoms with Gasteiger partial charge in [-0.1, -0.05) is 17.7 Å². The fourth-order valence-corrected chi connectivity index (χ4v) is 3.44. The average Bonchev–Trinajstić information content (AvgIpc) is 2.92. The second kappa shape index (κ2) is 5.97. The number of furan rings is 1. The van der Waals surface area contributed by atoms with Gasteiger partial charge in [-0.25, -0.2) is 8.42 Å². The van der Waals surface area contributed by atoms with Gasteiger partial charge in [0.25, 0.3) is 0 Å². The molecule has 108 valence electrons. The van der Waals surface area contributed by atoms with Gasteiger partial charge in [0, 0.05) is 25.7 Å². The van der Waals surface area contributed by atoms with Crippen molar-refractivity contribution in [3.8, 4) is 0 Å². The van der Waals surface area contributed by atoms with E-state index in [1.165, 1.54) is 29.9 Å². The van der Waals surface area contributed by atoms with Gasteiger partial charge in [-0.05, 0) is 23.8 Å². The standard InChI is InChI=1S/C13H15ClN2O3S/c1-16(8-11-4-5-19-9-11)20(17,18)13-6-10(7-15)2-3-12(13)14/h2-6,9H,7-8,15H2,1H3. The lowest BCUT2D eigenvalue weighted by Gasteiger charge is -2.17. The monoisotopic (exact) mass is 314 g/mol. The molecular weight excluding hydrogens is 300 g/mol. The van der Waals surface area contributed by atoms with Crippen LogP contribution in [0.2, 0.25) is 5.02 Å². The number of rotatable bonds is 5. The molecule has 0 spiro atoms. The lowest BCUT2D eigenvalue weighted by Crippen LogP contribution is -2.26. The molecule has 0 bridgehead atoms. The Morgan fingerprint density at radius 3 is 2.65 bits per heavy atom. The predicted octanol–water partition coefficient (Wildman–Crippen LogP) is 2.21. The van der Waals surface area contributed by atoms with Gasteiger partial charge < -0.3 is 10.2 Å². The van der Waals surface area contributed by atoms with Crippen LogP contribution in [0.5, 0.6) is 0 Å². The molecule has 0 atom stereocenters. The van der Waals surface area contributed by atoms with Crippen LogP contribution in [0, 0.1) is 0 Å². The van der Waals surface area contributed by atoms with Gasteiger partial charge in [0.2, 0.25) is 10.0 Å². The van der Waals surface area contributed by atoms with Gasteiger partial charge in [0.1, 0.15) is 4.90 Å². The Morgan fingerprint density at radius 1 is 1.30 bits per heavy atom. The van der Waals surface area contributed by atoms with Crippen molar-refractivity contribution in [2.24, 2.45) is 5.73 Å². The second-order valence-electron chi connectivity index (χ2n) is 4.36. The van der Waals surface area contributed by atoms with Crippen molar-refractivity contribution in [2.45, 2.75) is 18.0 Å². The van der Waals surface area contributed by atoms with Crippen LogP contribution in [0.3, 0.4) is 0 Å². The normalized spacial score (nSPS) is 12.0. The predicted molar refractivity (Wildman–Crippen MR) is 76.7 cm³/mol. The summed E-state index contributed by atoms with van der Waals surface area (Å²) in [5, 5.41) is 0.182. The maximum Gasteiger partial charge on any atom is 0.244 e. The van der Waals surface area contributed by atoms with Crippen LogP contribution in [0.25, 0.3) is 0 Å². The molecule has 0 saturated carbocycles. The Hall–Kier alpha value is -1.34. The SMILES string of the molecule is CN(Cc1ccoc1)S(=O)(=O)c1cc(CN)ccc1Cl. The molecule has 1 aromatic heterocycles. The van der Waals surface area contributed by atoms with Gasteiger partial charge in [0.05, 0.1) is 17.5 Å². The van der Waals surface area contributed by atoms with Crippen LogP contribution >= 0.6 is 11.6 Å². The summed E-state index contributed by atoms with van der Waals surface area (Å²) in [6.45, 7) is 0.465. The van der Waals surface area contributed by atoms with Crippen LogP contribution in [-0.4, -0.2) is 19.8 Å². The Labute approximate surface area is 123 Å². The Bertz CT molecular complexity index is 684. The van der Waals surface area contributed by atoms with Crippen LogP contribution in [0.15, 0.2) is 46.1 Å². The molecule has 1 aromatic carbocycles. The van der Waals surface area contributed by atoms with Crippen molar-refractivity contribution >= 4 is 21.6 Å². The molecule has 5 nitrogen and oxygen atoms in total. The summed E-state index contributed by atoms with van der Waals surface area (Å²) < 4.78 is 31.2. The van der Waals surface area contributed by atoms with E-state index in [-0.39, 0.29) is 23.0 Å². The topological polar surface area (TPSA) is 76.5 Å². The smallest absolute Gasteiger partial charge is 0.244 e. The molecule has 20 heavy (non-hydrogen) atoms. The van der Waals surface area contributed by atoms with Gasteiger partial charge in [-0.2, -0.15) is 4.31 Å². The zero-order chi connectivity index (χ0) is 14.8. The summed E-state index contributed by atoms with van der Waals surface area (Å²) >= 11 is 6.00. The first kappa shape index (κ1) is 15.1. The fourth-order valence-electron chi connectivity index (χ4n) is 1.77. The molecule has 1 heterocycles. The van der Waals surface area contributed by atoms with Crippen LogP contribution in [-0.2, 0) is 23.1 Å². The minimum absolute atomic E-state index is 0.0631. The van der Waals surface area contributed by atoms with Crippen LogP contribution in [0.4, 0.5) is 0 Å². The van der Waals surface area contributed by atoms with Crippen molar-refractivity contribution in [1.29, 1.82) is 0 Å². The van der Waals surface area contributed by atoms with E-state index in [0.29, 0.717) is 5.56 Å². The van der Waals surface area contributed by atoms with Gasteiger partial charge >= 0.3 is 0 Å². The minimum atomic E-state index is -3.67. The zero-order valence-corrected chi connectivity index (χ0v) is 12.5. The summed E-state index contributed by atoms with van der Waals surface area (Å²) in [6.07, 6.45) is 3.00. The summed E-state index contributed by atoms with van der Waals surface area (Å²) in [6, 6.07) is 6.47. The molecule has 0 aliphatic rings. The van der Waals surface area contributed by atoms with E-state index >= 15 is 0 Å². The number of nitrogens with two attached hydrogens (primary N) is 1. The quantitative estimate of drug-likeness (QED) is 0.918. The molecule has 2 N–H and O–H groups in total. The molecule has 2 aromatic rings. The molecule has 0 aliphatic carbocycles. The van der Waals surface area contributed by atoms with Crippen molar-refractivity contribution in [1.82, 2.24) is 4.31 Å². The first-order valence-electron chi connectivity index (χ1n) is 5.91. The van der Waals surface area contributed by atoms with Crippen molar-refractivity contribution in [3.63, 3.8) is 0 Å². The maximum absolute atomic E-state index is 12.5. The molecule has 0 fully saturated rings. The number of hydrogen-bond donors (Lipinski definition) is 1. The third kappa shape index (κ3) is 3.04. The van der Waals surface area contributed by atoms with Crippen LogP contribution < -0.4 is 5.73 Å². The highest BCUT2D eigenvalue weighted by molar-refractivity contribution is 7.89. The second-order valence-corrected chi connectivity index (χ2v) is 6.78. The van der Waals surface area contributed by atoms with E-state index in [0.717, 1.165) is 5.56 Å². The Balaban J connectivity index is 2.34. The number of sulfonamides is 1. The molecular formula is C13H15ClN2O3S. The van der Waals surface area contributed by atoms with Crippen molar-refractivity contribution in [2.75, 3.05) is 7.05 Å². The third-order valence-corrected chi connectivity index (χ3v) is 5.19. The molecule has 0 unspecified atom stereocenters. The molecule has 0 amide bonds. The summed E-state index contributed by atoms with van der Waals surface area (Å²) in [5.41, 5.74) is 7.01. The first-order valence-corrected chi connectivity index (χ1v) is 7.73. The van der Waals surface area contributed by atoms with E-state index in [9.17, 15) is 8.42 Å². The lowest BCUT2D eigenvalue weighted by molar-refractivity contribution is 0.463. The first-order chi connectivity index (χ1) is 9.45. The van der Waals surface area contributed by atoms with Gasteiger partial charge in [-0.3, -0.25) is 0 Å². The highest BCUT2D eigenvalue weighted by Gasteiger charge is 2.24. The third-order valence-electron chi connectivity index (χ3n) is 2.90. The molecule has 7 heteroatoms. The fraction of sp³-hybridized carbons (Fsp3) is 0.231. The van der Waals surface area contributed by atoms with E-state index in [1.54, 1.807) is 18.2 Å². The molecule has 2 rings (SSSR count). The number of benzene rings is 1. The summed E-state index contributed by atoms with van der Waals surface area (Å²) in [7, 11) is -2.18. The highest BCUT2D eigenvalue weighted by atomic mass is 35.5. The van der Waals surface area contributed by atoms with E-state index in [2.05, 4.69) is 0 Å². The Morgan fingerprint density at radius 2 is 2.05 bits per heavy atom. The van der Waals surface area contributed by atoms with Crippen LogP contribution in [0.1, 0.15) is 11.1 Å². The largest absolute Gasteiger partial charge is 0.472 e. The summed E-state index contributed by atoms with van der Waals surface area (Å²) in [5.74, 6) is 0. The average molecular weight is 315 g/mol. The molecule has 0 saturated heterocycles. The molecule has 0 aliphatic heterocycles. The Kier molecular flexibility index (Phi) is 4.49. The summed E-state index contributed by atoms with van der Waals surface area (Å²) in [4.78, 5) is 0.0631. The lowest BCUT2D eigenvalue weighted by atomic mass is 10.2. The van der Waals surface area contributed by atoms with E-state index in [1.807, 2.05) is 0 Å². The van der Waals surface area contributed by atoms with E-state index < -0.39 is 10.0 Å². The number of nitrogens with zero attached hydrogens (tertiary/aromatic N) is 1. The molecule has 0 radical (unpaired) electrons. The highest BCUT2D eigenvalue weighted by Crippen LogP contribution is 2.26. The van der Waals surface area contributed by atoms with Crippen molar-refractivity contribution < 1.29 is 12.8 Å². The number of hydrogen-bond acceptors (Lipinski definition) is 4. The van der Waals surface area contributed by atoms with Gasteiger partial charge in [-0.15, -0.1) is 0 Å². The number of halogens is 1. The van der Waals surface area contributed by atoms with Crippen molar-refractivity contribution in [3.05, 3.63) is 52.9 Å². The zero-order valence-electron chi connectivity index (χ0n) is 10.9. The van der Waals surface area contributed by atoms with Gasteiger partial charge in [0.15, 0.2) is 0 Å².